The van der Waals surface area contributed by atoms with Gasteiger partial charge in [0.15, 0.2) is 0 Å². The first-order chi connectivity index (χ1) is 9.17. The number of aromatic nitrogens is 1. The van der Waals surface area contributed by atoms with Gasteiger partial charge in [0.25, 0.3) is 5.91 Å². The highest BCUT2D eigenvalue weighted by molar-refractivity contribution is 5.94. The van der Waals surface area contributed by atoms with E-state index in [0.717, 1.165) is 19.3 Å². The van der Waals surface area contributed by atoms with Gasteiger partial charge in [-0.05, 0) is 36.2 Å². The summed E-state index contributed by atoms with van der Waals surface area (Å²) in [6.07, 6.45) is 4.63. The van der Waals surface area contributed by atoms with E-state index >= 15 is 0 Å². The SMILES string of the molecule is CC1(C)CC(NC(=O)c2cc[nH]c(=O)c2)CC(C)(C)C1. The van der Waals surface area contributed by atoms with Crippen LogP contribution in [0.25, 0.3) is 0 Å². The lowest BCUT2D eigenvalue weighted by atomic mass is 9.63. The predicted octanol–water partition coefficient (Wildman–Crippen LogP) is 2.71. The molecule has 110 valence electrons. The van der Waals surface area contributed by atoms with Crippen LogP contribution in [-0.2, 0) is 0 Å². The molecule has 0 radical (unpaired) electrons. The van der Waals surface area contributed by atoms with E-state index in [4.69, 9.17) is 0 Å². The second-order valence-corrected chi connectivity index (χ2v) is 7.53. The second-order valence-electron chi connectivity index (χ2n) is 7.53. The number of nitrogens with one attached hydrogen (secondary N) is 2. The Hall–Kier alpha value is -1.58. The summed E-state index contributed by atoms with van der Waals surface area (Å²) in [6, 6.07) is 3.14. The van der Waals surface area contributed by atoms with Crippen molar-refractivity contribution in [3.05, 3.63) is 34.2 Å². The Balaban J connectivity index is 2.09. The molecule has 0 bridgehead atoms. The van der Waals surface area contributed by atoms with Crippen LogP contribution in [0.4, 0.5) is 0 Å². The third-order valence-corrected chi connectivity index (χ3v) is 3.93. The average molecular weight is 276 g/mol. The molecule has 1 aromatic rings. The number of carbonyl (C=O) groups is 1. The van der Waals surface area contributed by atoms with Gasteiger partial charge in [-0.1, -0.05) is 27.7 Å². The molecule has 1 aliphatic carbocycles. The summed E-state index contributed by atoms with van der Waals surface area (Å²) in [7, 11) is 0. The van der Waals surface area contributed by atoms with Crippen molar-refractivity contribution in [3.8, 4) is 0 Å². The monoisotopic (exact) mass is 276 g/mol. The number of hydrogen-bond donors (Lipinski definition) is 2. The summed E-state index contributed by atoms with van der Waals surface area (Å²) >= 11 is 0. The fourth-order valence-corrected chi connectivity index (χ4v) is 3.80. The maximum atomic E-state index is 12.2. The Kier molecular flexibility index (Phi) is 3.76. The van der Waals surface area contributed by atoms with Gasteiger partial charge >= 0.3 is 0 Å². The van der Waals surface area contributed by atoms with Crippen molar-refractivity contribution in [1.82, 2.24) is 10.3 Å². The van der Waals surface area contributed by atoms with Crippen LogP contribution in [0.15, 0.2) is 23.1 Å². The van der Waals surface area contributed by atoms with E-state index in [0.29, 0.717) is 5.56 Å². The Morgan fingerprint density at radius 2 is 1.85 bits per heavy atom. The molecule has 20 heavy (non-hydrogen) atoms. The zero-order valence-electron chi connectivity index (χ0n) is 12.7. The van der Waals surface area contributed by atoms with Crippen molar-refractivity contribution < 1.29 is 4.79 Å². The third-order valence-electron chi connectivity index (χ3n) is 3.93. The van der Waals surface area contributed by atoms with Crippen molar-refractivity contribution >= 4 is 5.91 Å². The molecule has 1 fully saturated rings. The molecule has 0 saturated heterocycles. The van der Waals surface area contributed by atoms with Crippen LogP contribution in [0, 0.1) is 10.8 Å². The molecular formula is C16H24N2O2. The first kappa shape index (κ1) is 14.8. The Bertz CT molecular complexity index is 542. The van der Waals surface area contributed by atoms with E-state index < -0.39 is 0 Å². The topological polar surface area (TPSA) is 62.0 Å². The summed E-state index contributed by atoms with van der Waals surface area (Å²) in [5, 5.41) is 3.08. The Morgan fingerprint density at radius 1 is 1.25 bits per heavy atom. The number of hydrogen-bond acceptors (Lipinski definition) is 2. The van der Waals surface area contributed by atoms with Gasteiger partial charge in [-0.25, -0.2) is 0 Å². The molecule has 1 aromatic heterocycles. The van der Waals surface area contributed by atoms with E-state index in [9.17, 15) is 9.59 Å². The molecule has 4 nitrogen and oxygen atoms in total. The highest BCUT2D eigenvalue weighted by Gasteiger charge is 2.38. The van der Waals surface area contributed by atoms with Gasteiger partial charge in [-0.3, -0.25) is 9.59 Å². The molecule has 0 aromatic carbocycles. The van der Waals surface area contributed by atoms with Crippen molar-refractivity contribution in [2.45, 2.75) is 53.0 Å². The summed E-state index contributed by atoms with van der Waals surface area (Å²) in [6.45, 7) is 9.00. The fraction of sp³-hybridized carbons (Fsp3) is 0.625. The van der Waals surface area contributed by atoms with Gasteiger partial charge < -0.3 is 10.3 Å². The number of carbonyl (C=O) groups excluding carboxylic acids is 1. The van der Waals surface area contributed by atoms with Crippen LogP contribution in [0.1, 0.15) is 57.3 Å². The minimum Gasteiger partial charge on any atom is -0.349 e. The Labute approximate surface area is 120 Å². The van der Waals surface area contributed by atoms with Crippen LogP contribution >= 0.6 is 0 Å². The summed E-state index contributed by atoms with van der Waals surface area (Å²) < 4.78 is 0. The van der Waals surface area contributed by atoms with E-state index in [2.05, 4.69) is 38.0 Å². The van der Waals surface area contributed by atoms with E-state index in [1.807, 2.05) is 0 Å². The molecule has 1 aliphatic rings. The lowest BCUT2D eigenvalue weighted by Gasteiger charge is -2.45. The fourth-order valence-electron chi connectivity index (χ4n) is 3.80. The van der Waals surface area contributed by atoms with E-state index in [-0.39, 0.29) is 28.3 Å². The number of aromatic amines is 1. The molecule has 2 N–H and O–H groups in total. The predicted molar refractivity (Wildman–Crippen MR) is 79.7 cm³/mol. The number of pyridine rings is 1. The highest BCUT2D eigenvalue weighted by Crippen LogP contribution is 2.45. The third kappa shape index (κ3) is 3.71. The quantitative estimate of drug-likeness (QED) is 0.872. The zero-order chi connectivity index (χ0) is 15.0. The lowest BCUT2D eigenvalue weighted by Crippen LogP contribution is -2.46. The van der Waals surface area contributed by atoms with Crippen LogP contribution < -0.4 is 10.9 Å². The van der Waals surface area contributed by atoms with Crippen molar-refractivity contribution in [2.75, 3.05) is 0 Å². The van der Waals surface area contributed by atoms with Gasteiger partial charge in [-0.15, -0.1) is 0 Å². The van der Waals surface area contributed by atoms with Gasteiger partial charge in [0.1, 0.15) is 0 Å². The molecule has 0 aliphatic heterocycles. The van der Waals surface area contributed by atoms with Gasteiger partial charge in [0.2, 0.25) is 5.56 Å². The van der Waals surface area contributed by atoms with Crippen molar-refractivity contribution in [1.29, 1.82) is 0 Å². The summed E-state index contributed by atoms with van der Waals surface area (Å²) in [5.41, 5.74) is 0.638. The first-order valence-corrected chi connectivity index (χ1v) is 7.17. The largest absolute Gasteiger partial charge is 0.349 e. The number of rotatable bonds is 2. The smallest absolute Gasteiger partial charge is 0.251 e. The molecule has 0 unspecified atom stereocenters. The first-order valence-electron chi connectivity index (χ1n) is 7.17. The summed E-state index contributed by atoms with van der Waals surface area (Å²) in [4.78, 5) is 26.0. The minimum absolute atomic E-state index is 0.158. The zero-order valence-corrected chi connectivity index (χ0v) is 12.7. The molecule has 0 spiro atoms. The van der Waals surface area contributed by atoms with Crippen LogP contribution in [0.3, 0.4) is 0 Å². The van der Waals surface area contributed by atoms with Crippen LogP contribution in [0.2, 0.25) is 0 Å². The summed E-state index contributed by atoms with van der Waals surface area (Å²) in [5.74, 6) is -0.158. The Morgan fingerprint density at radius 3 is 2.40 bits per heavy atom. The van der Waals surface area contributed by atoms with E-state index in [1.54, 1.807) is 6.07 Å². The molecule has 1 amide bonds. The number of H-pyrrole nitrogens is 1. The second kappa shape index (κ2) is 5.08. The van der Waals surface area contributed by atoms with Crippen molar-refractivity contribution in [3.63, 3.8) is 0 Å². The normalized spacial score (nSPS) is 21.4. The average Bonchev–Trinajstić information content (AvgIpc) is 2.24. The van der Waals surface area contributed by atoms with Crippen LogP contribution in [-0.4, -0.2) is 16.9 Å². The number of amides is 1. The van der Waals surface area contributed by atoms with Gasteiger partial charge in [0.05, 0.1) is 0 Å². The maximum absolute atomic E-state index is 12.2. The minimum atomic E-state index is -0.248. The van der Waals surface area contributed by atoms with E-state index in [1.165, 1.54) is 12.3 Å². The molecule has 1 heterocycles. The highest BCUT2D eigenvalue weighted by atomic mass is 16.2. The molecule has 0 atom stereocenters. The molecule has 4 heteroatoms. The maximum Gasteiger partial charge on any atom is 0.251 e. The standard InChI is InChI=1S/C16H24N2O2/c1-15(2)8-12(9-16(3,4)10-15)18-14(20)11-5-6-17-13(19)7-11/h5-7,12H,8-10H2,1-4H3,(H,17,19)(H,18,20). The lowest BCUT2D eigenvalue weighted by molar-refractivity contribution is 0.0713. The van der Waals surface area contributed by atoms with Crippen LogP contribution in [0.5, 0.6) is 0 Å². The van der Waals surface area contributed by atoms with Crippen molar-refractivity contribution in [2.24, 2.45) is 10.8 Å². The molecule has 2 rings (SSSR count). The molecule has 1 saturated carbocycles. The van der Waals surface area contributed by atoms with Gasteiger partial charge in [-0.2, -0.15) is 0 Å². The molecular weight excluding hydrogens is 252 g/mol. The van der Waals surface area contributed by atoms with Gasteiger partial charge in [0, 0.05) is 23.9 Å².